The maximum absolute atomic E-state index is 5.41. The van der Waals surface area contributed by atoms with Crippen LogP contribution < -0.4 is 9.47 Å². The molecule has 0 amide bonds. The third-order valence-electron chi connectivity index (χ3n) is 3.56. The van der Waals surface area contributed by atoms with Crippen LogP contribution in [0.15, 0.2) is 27.9 Å². The van der Waals surface area contributed by atoms with Gasteiger partial charge in [0.1, 0.15) is 11.5 Å². The Kier molecular flexibility index (Phi) is 5.22. The van der Waals surface area contributed by atoms with Crippen molar-refractivity contribution in [1.29, 1.82) is 0 Å². The minimum Gasteiger partial charge on any atom is -0.497 e. The molecular weight excluding hydrogens is 342 g/mol. The molecule has 0 unspecified atom stereocenters. The largest absolute Gasteiger partial charge is 0.497 e. The maximum Gasteiger partial charge on any atom is 0.239 e. The Hall–Kier alpha value is -2.55. The lowest BCUT2D eigenvalue weighted by atomic mass is 10.2. The number of thioether (sulfide) groups is 1. The number of hydrogen-bond donors (Lipinski definition) is 1. The van der Waals surface area contributed by atoms with Crippen LogP contribution in [-0.4, -0.2) is 39.5 Å². The normalized spacial score (nSPS) is 12.2. The van der Waals surface area contributed by atoms with Crippen molar-refractivity contribution >= 4 is 11.8 Å². The number of benzene rings is 1. The summed E-state index contributed by atoms with van der Waals surface area (Å²) in [4.78, 5) is 8.86. The Morgan fingerprint density at radius 2 is 2.08 bits per heavy atom. The minimum absolute atomic E-state index is 0.0470. The number of nitrogens with one attached hydrogen (secondary N) is 1. The Bertz CT molecular complexity index is 848. The zero-order valence-corrected chi connectivity index (χ0v) is 15.3. The topological polar surface area (TPSA) is 99.0 Å². The molecule has 1 N–H and O–H groups in total. The number of nitrogens with zero attached hydrogens (tertiary/aromatic N) is 4. The molecule has 3 rings (SSSR count). The molecule has 9 heteroatoms. The van der Waals surface area contributed by atoms with E-state index in [1.807, 2.05) is 26.0 Å². The lowest BCUT2D eigenvalue weighted by Gasteiger charge is -2.07. The molecule has 0 bridgehead atoms. The van der Waals surface area contributed by atoms with E-state index in [2.05, 4.69) is 25.3 Å². The average molecular weight is 361 g/mol. The van der Waals surface area contributed by atoms with Crippen LogP contribution in [0.3, 0.4) is 0 Å². The fourth-order valence-corrected chi connectivity index (χ4v) is 2.95. The van der Waals surface area contributed by atoms with E-state index in [0.717, 1.165) is 12.0 Å². The second-order valence-electron chi connectivity index (χ2n) is 5.20. The molecule has 0 saturated carbocycles. The number of aromatic nitrogens is 5. The fraction of sp³-hybridized carbons (Fsp3) is 0.375. The summed E-state index contributed by atoms with van der Waals surface area (Å²) in [6.07, 6.45) is 0.739. The molecule has 0 aliphatic rings. The molecule has 132 valence electrons. The summed E-state index contributed by atoms with van der Waals surface area (Å²) in [7, 11) is 3.22. The Balaban J connectivity index is 1.78. The van der Waals surface area contributed by atoms with Gasteiger partial charge in [-0.1, -0.05) is 23.8 Å². The van der Waals surface area contributed by atoms with Crippen molar-refractivity contribution in [3.05, 3.63) is 29.9 Å². The zero-order valence-electron chi connectivity index (χ0n) is 14.4. The van der Waals surface area contributed by atoms with Crippen LogP contribution in [0.25, 0.3) is 11.4 Å². The van der Waals surface area contributed by atoms with Gasteiger partial charge in [0, 0.05) is 12.5 Å². The van der Waals surface area contributed by atoms with Crippen LogP contribution in [0.1, 0.15) is 30.8 Å². The molecule has 0 aliphatic carbocycles. The highest BCUT2D eigenvalue weighted by Gasteiger charge is 2.19. The summed E-state index contributed by atoms with van der Waals surface area (Å²) in [6, 6.07) is 5.53. The molecule has 0 spiro atoms. The van der Waals surface area contributed by atoms with Gasteiger partial charge in [-0.15, -0.1) is 5.10 Å². The molecule has 8 nitrogen and oxygen atoms in total. The summed E-state index contributed by atoms with van der Waals surface area (Å²) < 4.78 is 15.9. The van der Waals surface area contributed by atoms with Crippen LogP contribution >= 0.6 is 11.8 Å². The first-order valence-electron chi connectivity index (χ1n) is 7.78. The fourth-order valence-electron chi connectivity index (χ4n) is 2.20. The van der Waals surface area contributed by atoms with Gasteiger partial charge in [-0.25, -0.2) is 4.98 Å². The van der Waals surface area contributed by atoms with E-state index in [-0.39, 0.29) is 5.25 Å². The second-order valence-corrected chi connectivity index (χ2v) is 6.50. The predicted octanol–water partition coefficient (Wildman–Crippen LogP) is 3.29. The van der Waals surface area contributed by atoms with E-state index < -0.39 is 0 Å². The summed E-state index contributed by atoms with van der Waals surface area (Å²) in [5.41, 5.74) is 0.807. The average Bonchev–Trinajstić information content (AvgIpc) is 3.30. The van der Waals surface area contributed by atoms with E-state index in [9.17, 15) is 0 Å². The molecular formula is C16H19N5O3S. The van der Waals surface area contributed by atoms with E-state index in [1.54, 1.807) is 20.3 Å². The Morgan fingerprint density at radius 3 is 2.76 bits per heavy atom. The number of hydrogen-bond acceptors (Lipinski definition) is 8. The summed E-state index contributed by atoms with van der Waals surface area (Å²) >= 11 is 1.44. The zero-order chi connectivity index (χ0) is 17.8. The Morgan fingerprint density at radius 1 is 1.24 bits per heavy atom. The SMILES string of the molecule is CCc1noc([C@H](C)Sc2n[nH]c(-c3ccc(OC)cc3OC)n2)n1. The molecule has 0 radical (unpaired) electrons. The van der Waals surface area contributed by atoms with Gasteiger partial charge in [-0.2, -0.15) is 4.98 Å². The highest BCUT2D eigenvalue weighted by molar-refractivity contribution is 7.99. The minimum atomic E-state index is -0.0470. The van der Waals surface area contributed by atoms with Gasteiger partial charge in [0.25, 0.3) is 0 Å². The molecule has 3 aromatic rings. The van der Waals surface area contributed by atoms with Gasteiger partial charge in [0.2, 0.25) is 11.0 Å². The molecule has 0 aliphatic heterocycles. The molecule has 0 fully saturated rings. The van der Waals surface area contributed by atoms with Crippen molar-refractivity contribution in [2.75, 3.05) is 14.2 Å². The van der Waals surface area contributed by atoms with Gasteiger partial charge in [-0.3, -0.25) is 5.10 Å². The van der Waals surface area contributed by atoms with Gasteiger partial charge in [0.15, 0.2) is 11.6 Å². The highest BCUT2D eigenvalue weighted by Crippen LogP contribution is 2.35. The number of methoxy groups -OCH3 is 2. The van der Waals surface area contributed by atoms with Crippen LogP contribution in [0.2, 0.25) is 0 Å². The van der Waals surface area contributed by atoms with E-state index in [1.165, 1.54) is 11.8 Å². The standard InChI is InChI=1S/C16H19N5O3S/c1-5-13-17-15(24-21-13)9(2)25-16-18-14(19-20-16)11-7-6-10(22-3)8-12(11)23-4/h6-9H,5H2,1-4H3,(H,18,19,20)/t9-/m0/s1. The molecule has 25 heavy (non-hydrogen) atoms. The van der Waals surface area contributed by atoms with Crippen molar-refractivity contribution < 1.29 is 14.0 Å². The molecule has 2 aromatic heterocycles. The van der Waals surface area contributed by atoms with Crippen molar-refractivity contribution in [3.63, 3.8) is 0 Å². The number of aryl methyl sites for hydroxylation is 1. The Labute approximate surface area is 149 Å². The van der Waals surface area contributed by atoms with Gasteiger partial charge >= 0.3 is 0 Å². The number of H-pyrrole nitrogens is 1. The summed E-state index contributed by atoms with van der Waals surface area (Å²) in [5.74, 6) is 3.25. The quantitative estimate of drug-likeness (QED) is 0.640. The van der Waals surface area contributed by atoms with Crippen molar-refractivity contribution in [3.8, 4) is 22.9 Å². The number of aromatic amines is 1. The lowest BCUT2D eigenvalue weighted by Crippen LogP contribution is -1.92. The molecule has 1 atom stereocenters. The first-order valence-corrected chi connectivity index (χ1v) is 8.66. The van der Waals surface area contributed by atoms with Crippen LogP contribution in [0.5, 0.6) is 11.5 Å². The van der Waals surface area contributed by atoms with Crippen molar-refractivity contribution in [1.82, 2.24) is 25.3 Å². The van der Waals surface area contributed by atoms with Crippen LogP contribution in [-0.2, 0) is 6.42 Å². The highest BCUT2D eigenvalue weighted by atomic mass is 32.2. The van der Waals surface area contributed by atoms with Gasteiger partial charge < -0.3 is 14.0 Å². The van der Waals surface area contributed by atoms with E-state index in [0.29, 0.717) is 34.2 Å². The molecule has 2 heterocycles. The third kappa shape index (κ3) is 3.76. The maximum atomic E-state index is 5.41. The van der Waals surface area contributed by atoms with Crippen molar-refractivity contribution in [2.45, 2.75) is 30.7 Å². The first kappa shape index (κ1) is 17.3. The molecule has 0 saturated heterocycles. The first-order chi connectivity index (χ1) is 12.1. The van der Waals surface area contributed by atoms with E-state index in [4.69, 9.17) is 14.0 Å². The smallest absolute Gasteiger partial charge is 0.239 e. The number of rotatable bonds is 7. The van der Waals surface area contributed by atoms with Crippen molar-refractivity contribution in [2.24, 2.45) is 0 Å². The van der Waals surface area contributed by atoms with E-state index >= 15 is 0 Å². The summed E-state index contributed by atoms with van der Waals surface area (Å²) in [6.45, 7) is 3.96. The summed E-state index contributed by atoms with van der Waals surface area (Å²) in [5, 5.41) is 11.7. The van der Waals surface area contributed by atoms with Crippen LogP contribution in [0, 0.1) is 0 Å². The van der Waals surface area contributed by atoms with Crippen LogP contribution in [0.4, 0.5) is 0 Å². The lowest BCUT2D eigenvalue weighted by molar-refractivity contribution is 0.375. The van der Waals surface area contributed by atoms with Gasteiger partial charge in [-0.05, 0) is 19.1 Å². The monoisotopic (exact) mass is 361 g/mol. The second kappa shape index (κ2) is 7.56. The number of ether oxygens (including phenoxy) is 2. The predicted molar refractivity (Wildman–Crippen MR) is 92.9 cm³/mol. The third-order valence-corrected chi connectivity index (χ3v) is 4.51. The van der Waals surface area contributed by atoms with Gasteiger partial charge in [0.05, 0.1) is 25.0 Å². The molecule has 1 aromatic carbocycles.